The number of carbonyl (C=O) groups is 1. The SMILES string of the molecule is COc1ccc(-c2cc(C(=O)c3ccccc3)sc2N2CCOCC2)cc1. The van der Waals surface area contributed by atoms with E-state index in [4.69, 9.17) is 9.47 Å². The average molecular weight is 379 g/mol. The van der Waals surface area contributed by atoms with E-state index in [1.54, 1.807) is 18.4 Å². The zero-order valence-corrected chi connectivity index (χ0v) is 16.0. The highest BCUT2D eigenvalue weighted by Gasteiger charge is 2.22. The Balaban J connectivity index is 1.75. The Bertz CT molecular complexity index is 912. The van der Waals surface area contributed by atoms with E-state index >= 15 is 0 Å². The second-order valence-electron chi connectivity index (χ2n) is 6.35. The lowest BCUT2D eigenvalue weighted by Gasteiger charge is -2.28. The van der Waals surface area contributed by atoms with Crippen LogP contribution >= 0.6 is 11.3 Å². The Morgan fingerprint density at radius 1 is 1.04 bits per heavy atom. The molecule has 0 unspecified atom stereocenters. The van der Waals surface area contributed by atoms with Gasteiger partial charge in [0, 0.05) is 24.2 Å². The molecular weight excluding hydrogens is 358 g/mol. The topological polar surface area (TPSA) is 38.8 Å². The molecule has 0 saturated carbocycles. The van der Waals surface area contributed by atoms with Gasteiger partial charge in [-0.25, -0.2) is 0 Å². The first-order valence-corrected chi connectivity index (χ1v) is 9.78. The number of hydrogen-bond acceptors (Lipinski definition) is 5. The van der Waals surface area contributed by atoms with Gasteiger partial charge in [0.05, 0.1) is 30.2 Å². The summed E-state index contributed by atoms with van der Waals surface area (Å²) in [6.07, 6.45) is 0. The Hall–Kier alpha value is -2.63. The molecule has 2 heterocycles. The normalized spacial score (nSPS) is 14.2. The van der Waals surface area contributed by atoms with Gasteiger partial charge in [-0.2, -0.15) is 0 Å². The van der Waals surface area contributed by atoms with E-state index in [2.05, 4.69) is 4.90 Å². The van der Waals surface area contributed by atoms with Crippen molar-refractivity contribution >= 4 is 22.1 Å². The van der Waals surface area contributed by atoms with E-state index < -0.39 is 0 Å². The fourth-order valence-corrected chi connectivity index (χ4v) is 4.40. The van der Waals surface area contributed by atoms with E-state index in [0.717, 1.165) is 39.8 Å². The standard InChI is InChI=1S/C22H21NO3S/c1-25-18-9-7-16(8-10-18)19-15-20(21(24)17-5-3-2-4-6-17)27-22(19)23-11-13-26-14-12-23/h2-10,15H,11-14H2,1H3. The fourth-order valence-electron chi connectivity index (χ4n) is 3.20. The first-order valence-electron chi connectivity index (χ1n) is 8.97. The molecule has 4 nitrogen and oxygen atoms in total. The maximum absolute atomic E-state index is 13.0. The average Bonchev–Trinajstić information content (AvgIpc) is 3.20. The second-order valence-corrected chi connectivity index (χ2v) is 7.38. The van der Waals surface area contributed by atoms with Gasteiger partial charge in [0.2, 0.25) is 5.78 Å². The Morgan fingerprint density at radius 2 is 1.74 bits per heavy atom. The van der Waals surface area contributed by atoms with Crippen LogP contribution in [0.3, 0.4) is 0 Å². The predicted octanol–water partition coefficient (Wildman–Crippen LogP) is 4.49. The van der Waals surface area contributed by atoms with Crippen molar-refractivity contribution in [3.8, 4) is 16.9 Å². The molecule has 138 valence electrons. The molecule has 1 aliphatic rings. The van der Waals surface area contributed by atoms with E-state index in [0.29, 0.717) is 18.8 Å². The lowest BCUT2D eigenvalue weighted by Crippen LogP contribution is -2.35. The maximum atomic E-state index is 13.0. The van der Waals surface area contributed by atoms with Gasteiger partial charge in [0.15, 0.2) is 0 Å². The number of ether oxygens (including phenoxy) is 2. The smallest absolute Gasteiger partial charge is 0.203 e. The van der Waals surface area contributed by atoms with Gasteiger partial charge in [-0.05, 0) is 23.8 Å². The van der Waals surface area contributed by atoms with Gasteiger partial charge in [0.25, 0.3) is 0 Å². The van der Waals surface area contributed by atoms with Crippen molar-refractivity contribution in [2.45, 2.75) is 0 Å². The summed E-state index contributed by atoms with van der Waals surface area (Å²) in [4.78, 5) is 16.0. The number of carbonyl (C=O) groups excluding carboxylic acids is 1. The lowest BCUT2D eigenvalue weighted by molar-refractivity contribution is 0.104. The number of benzene rings is 2. The molecule has 3 aromatic rings. The molecule has 0 spiro atoms. The molecular formula is C22H21NO3S. The molecule has 0 atom stereocenters. The van der Waals surface area contributed by atoms with Crippen molar-refractivity contribution < 1.29 is 14.3 Å². The summed E-state index contributed by atoms with van der Waals surface area (Å²) < 4.78 is 10.8. The molecule has 0 N–H and O–H groups in total. The molecule has 0 aliphatic carbocycles. The highest BCUT2D eigenvalue weighted by atomic mass is 32.1. The molecule has 1 saturated heterocycles. The molecule has 2 aromatic carbocycles. The first-order chi connectivity index (χ1) is 13.3. The molecule has 0 amide bonds. The number of anilines is 1. The third-order valence-corrected chi connectivity index (χ3v) is 5.87. The van der Waals surface area contributed by atoms with Gasteiger partial charge in [-0.3, -0.25) is 4.79 Å². The van der Waals surface area contributed by atoms with E-state index in [1.807, 2.05) is 60.7 Å². The van der Waals surface area contributed by atoms with Crippen LogP contribution in [-0.4, -0.2) is 39.2 Å². The minimum Gasteiger partial charge on any atom is -0.497 e. The van der Waals surface area contributed by atoms with Crippen LogP contribution in [-0.2, 0) is 4.74 Å². The van der Waals surface area contributed by atoms with Crippen molar-refractivity contribution in [2.75, 3.05) is 38.3 Å². The minimum atomic E-state index is 0.0647. The first kappa shape index (κ1) is 17.8. The maximum Gasteiger partial charge on any atom is 0.203 e. The summed E-state index contributed by atoms with van der Waals surface area (Å²) in [5, 5.41) is 1.13. The zero-order chi connectivity index (χ0) is 18.6. The molecule has 4 rings (SSSR count). The van der Waals surface area contributed by atoms with Crippen LogP contribution in [0.25, 0.3) is 11.1 Å². The summed E-state index contributed by atoms with van der Waals surface area (Å²) in [7, 11) is 1.66. The number of methoxy groups -OCH3 is 1. The molecule has 27 heavy (non-hydrogen) atoms. The quantitative estimate of drug-likeness (QED) is 0.612. The number of ketones is 1. The second kappa shape index (κ2) is 7.94. The van der Waals surface area contributed by atoms with E-state index in [-0.39, 0.29) is 5.78 Å². The van der Waals surface area contributed by atoms with Crippen molar-refractivity contribution in [1.82, 2.24) is 0 Å². The van der Waals surface area contributed by atoms with E-state index in [9.17, 15) is 4.79 Å². The third-order valence-electron chi connectivity index (χ3n) is 4.67. The van der Waals surface area contributed by atoms with Gasteiger partial charge >= 0.3 is 0 Å². The van der Waals surface area contributed by atoms with Crippen LogP contribution in [0.2, 0.25) is 0 Å². The van der Waals surface area contributed by atoms with Crippen LogP contribution < -0.4 is 9.64 Å². The zero-order valence-electron chi connectivity index (χ0n) is 15.2. The molecule has 1 aliphatic heterocycles. The lowest BCUT2D eigenvalue weighted by atomic mass is 10.0. The number of thiophene rings is 1. The summed E-state index contributed by atoms with van der Waals surface area (Å²) in [6.45, 7) is 3.09. The summed E-state index contributed by atoms with van der Waals surface area (Å²) in [6, 6.07) is 19.5. The van der Waals surface area contributed by atoms with Crippen LogP contribution in [0.5, 0.6) is 5.75 Å². The summed E-state index contributed by atoms with van der Waals surface area (Å²) in [5.41, 5.74) is 2.89. The van der Waals surface area contributed by atoms with E-state index in [1.165, 1.54) is 0 Å². The van der Waals surface area contributed by atoms with Gasteiger partial charge in [-0.1, -0.05) is 42.5 Å². The number of morpholine rings is 1. The predicted molar refractivity (Wildman–Crippen MR) is 109 cm³/mol. The van der Waals surface area contributed by atoms with Crippen LogP contribution in [0.4, 0.5) is 5.00 Å². The van der Waals surface area contributed by atoms with Crippen LogP contribution in [0.15, 0.2) is 60.7 Å². The van der Waals surface area contributed by atoms with Gasteiger partial charge in [0.1, 0.15) is 5.75 Å². The summed E-state index contributed by atoms with van der Waals surface area (Å²) >= 11 is 1.56. The molecule has 0 radical (unpaired) electrons. The van der Waals surface area contributed by atoms with Gasteiger partial charge in [-0.15, -0.1) is 11.3 Å². The molecule has 5 heteroatoms. The minimum absolute atomic E-state index is 0.0647. The highest BCUT2D eigenvalue weighted by molar-refractivity contribution is 7.18. The Labute approximate surface area is 163 Å². The van der Waals surface area contributed by atoms with Crippen molar-refractivity contribution in [3.05, 3.63) is 71.1 Å². The molecule has 1 aromatic heterocycles. The molecule has 1 fully saturated rings. The number of nitrogens with zero attached hydrogens (tertiary/aromatic N) is 1. The summed E-state index contributed by atoms with van der Waals surface area (Å²) in [5.74, 6) is 0.886. The van der Waals surface area contributed by atoms with Crippen LogP contribution in [0.1, 0.15) is 15.2 Å². The van der Waals surface area contributed by atoms with Crippen molar-refractivity contribution in [1.29, 1.82) is 0 Å². The van der Waals surface area contributed by atoms with Gasteiger partial charge < -0.3 is 14.4 Å². The largest absolute Gasteiger partial charge is 0.497 e. The van der Waals surface area contributed by atoms with Crippen molar-refractivity contribution in [3.63, 3.8) is 0 Å². The monoisotopic (exact) mass is 379 g/mol. The third kappa shape index (κ3) is 3.75. The fraction of sp³-hybridized carbons (Fsp3) is 0.227. The van der Waals surface area contributed by atoms with Crippen molar-refractivity contribution in [2.24, 2.45) is 0 Å². The molecule has 0 bridgehead atoms. The van der Waals surface area contributed by atoms with Crippen LogP contribution in [0, 0.1) is 0 Å². The Kier molecular flexibility index (Phi) is 5.23. The number of rotatable bonds is 5. The highest BCUT2D eigenvalue weighted by Crippen LogP contribution is 2.40. The number of hydrogen-bond donors (Lipinski definition) is 0. The Morgan fingerprint density at radius 3 is 2.41 bits per heavy atom.